The number of allylic oxidation sites excluding steroid dienone is 2. The van der Waals surface area contributed by atoms with Gasteiger partial charge in [-0.2, -0.15) is 0 Å². The van der Waals surface area contributed by atoms with E-state index in [-0.39, 0.29) is 0 Å². The Morgan fingerprint density at radius 2 is 1.76 bits per heavy atom. The number of unbranched alkanes of at least 4 members (excludes halogenated alkanes) is 3. The van der Waals surface area contributed by atoms with Gasteiger partial charge in [0.25, 0.3) is 0 Å². The predicted octanol–water partition coefficient (Wildman–Crippen LogP) is 6.71. The number of benzene rings is 1. The van der Waals surface area contributed by atoms with Crippen LogP contribution in [0.25, 0.3) is 0 Å². The maximum atomic E-state index is 2.57. The highest BCUT2D eigenvalue weighted by atomic mass is 14.2. The minimum absolute atomic E-state index is 0.990. The number of aryl methyl sites for hydroxylation is 1. The van der Waals surface area contributed by atoms with Crippen LogP contribution in [0.3, 0.4) is 0 Å². The Kier molecular flexibility index (Phi) is 7.63. The Bertz CT molecular complexity index is 401. The molecule has 1 unspecified atom stereocenters. The summed E-state index contributed by atoms with van der Waals surface area (Å²) in [5, 5.41) is 0. The lowest BCUT2D eigenvalue weighted by atomic mass is 9.84. The van der Waals surface area contributed by atoms with Gasteiger partial charge in [-0.05, 0) is 56.4 Å². The molecule has 0 heterocycles. The van der Waals surface area contributed by atoms with Crippen molar-refractivity contribution in [2.24, 2.45) is 5.92 Å². The van der Waals surface area contributed by atoms with Gasteiger partial charge < -0.3 is 0 Å². The molecule has 0 radical (unpaired) electrons. The van der Waals surface area contributed by atoms with E-state index < -0.39 is 0 Å². The van der Waals surface area contributed by atoms with Gasteiger partial charge in [0.1, 0.15) is 0 Å². The molecule has 116 valence electrons. The Hall–Kier alpha value is -1.04. The zero-order chi connectivity index (χ0) is 14.8. The molecule has 0 N–H and O–H groups in total. The molecule has 0 fully saturated rings. The highest BCUT2D eigenvalue weighted by Gasteiger charge is 2.13. The van der Waals surface area contributed by atoms with Gasteiger partial charge in [-0.25, -0.2) is 0 Å². The summed E-state index contributed by atoms with van der Waals surface area (Å²) in [5.74, 6) is 0.990. The predicted molar refractivity (Wildman–Crippen MR) is 93.6 cm³/mol. The van der Waals surface area contributed by atoms with Crippen molar-refractivity contribution in [3.63, 3.8) is 0 Å². The first-order chi connectivity index (χ1) is 10.4. The lowest BCUT2D eigenvalue weighted by Gasteiger charge is -2.22. The van der Waals surface area contributed by atoms with E-state index in [9.17, 15) is 0 Å². The molecule has 0 bridgehead atoms. The molecule has 0 aliphatic heterocycles. The van der Waals surface area contributed by atoms with E-state index in [0.717, 1.165) is 5.92 Å². The van der Waals surface area contributed by atoms with Gasteiger partial charge in [-0.15, -0.1) is 0 Å². The average Bonchev–Trinajstić information content (AvgIpc) is 2.54. The van der Waals surface area contributed by atoms with Gasteiger partial charge in [-0.3, -0.25) is 0 Å². The number of rotatable bonds is 9. The van der Waals surface area contributed by atoms with Gasteiger partial charge in [0.15, 0.2) is 0 Å². The van der Waals surface area contributed by atoms with Crippen molar-refractivity contribution in [3.05, 3.63) is 47.5 Å². The molecule has 0 amide bonds. The minimum atomic E-state index is 0.990. The summed E-state index contributed by atoms with van der Waals surface area (Å²) < 4.78 is 0. The average molecular weight is 284 g/mol. The first kappa shape index (κ1) is 16.3. The van der Waals surface area contributed by atoms with Crippen LogP contribution in [-0.4, -0.2) is 0 Å². The van der Waals surface area contributed by atoms with Crippen molar-refractivity contribution >= 4 is 0 Å². The lowest BCUT2D eigenvalue weighted by molar-refractivity contribution is 0.412. The third-order valence-corrected chi connectivity index (χ3v) is 4.89. The van der Waals surface area contributed by atoms with Gasteiger partial charge in [0.05, 0.1) is 0 Å². The smallest absolute Gasteiger partial charge is 0.0279 e. The Morgan fingerprint density at radius 1 is 0.952 bits per heavy atom. The van der Waals surface area contributed by atoms with E-state index in [1.54, 1.807) is 5.57 Å². The van der Waals surface area contributed by atoms with Crippen molar-refractivity contribution in [1.82, 2.24) is 0 Å². The molecular formula is C21H32. The molecule has 0 heteroatoms. The van der Waals surface area contributed by atoms with Crippen LogP contribution in [0.5, 0.6) is 0 Å². The zero-order valence-electron chi connectivity index (χ0n) is 13.8. The maximum Gasteiger partial charge on any atom is -0.0279 e. The van der Waals surface area contributed by atoms with Gasteiger partial charge in [-0.1, -0.05) is 74.6 Å². The molecule has 0 nitrogen and oxygen atoms in total. The Labute approximate surface area is 131 Å². The van der Waals surface area contributed by atoms with E-state index in [2.05, 4.69) is 43.3 Å². The van der Waals surface area contributed by atoms with Crippen LogP contribution in [0, 0.1) is 5.92 Å². The summed E-state index contributed by atoms with van der Waals surface area (Å²) in [5.41, 5.74) is 3.24. The maximum absolute atomic E-state index is 2.57. The topological polar surface area (TPSA) is 0 Å². The summed E-state index contributed by atoms with van der Waals surface area (Å²) in [6.45, 7) is 2.30. The Balaban J connectivity index is 1.57. The van der Waals surface area contributed by atoms with E-state index in [1.165, 1.54) is 76.2 Å². The standard InChI is InChI=1S/C21H32/c1-2-3-5-10-20-15-17-21(18-16-20)14-9-8-13-19-11-6-4-7-12-19/h4,6-7,11-12,17,20H,2-3,5,8-10,13-16,18H2,1H3. The first-order valence-corrected chi connectivity index (χ1v) is 9.10. The van der Waals surface area contributed by atoms with E-state index in [0.29, 0.717) is 0 Å². The molecule has 1 aliphatic rings. The van der Waals surface area contributed by atoms with Crippen molar-refractivity contribution in [2.45, 2.75) is 77.6 Å². The normalized spacial score (nSPS) is 18.5. The molecule has 1 aromatic carbocycles. The van der Waals surface area contributed by atoms with E-state index in [4.69, 9.17) is 0 Å². The fraction of sp³-hybridized carbons (Fsp3) is 0.619. The van der Waals surface area contributed by atoms with Crippen molar-refractivity contribution < 1.29 is 0 Å². The van der Waals surface area contributed by atoms with Gasteiger partial charge in [0.2, 0.25) is 0 Å². The van der Waals surface area contributed by atoms with E-state index >= 15 is 0 Å². The van der Waals surface area contributed by atoms with E-state index in [1.807, 2.05) is 0 Å². The van der Waals surface area contributed by atoms with Crippen LogP contribution < -0.4 is 0 Å². The monoisotopic (exact) mass is 284 g/mol. The minimum Gasteiger partial charge on any atom is -0.0851 e. The second-order valence-corrected chi connectivity index (χ2v) is 6.69. The summed E-state index contributed by atoms with van der Waals surface area (Å²) in [7, 11) is 0. The summed E-state index contributed by atoms with van der Waals surface area (Å²) in [6, 6.07) is 10.9. The molecular weight excluding hydrogens is 252 g/mol. The number of hydrogen-bond donors (Lipinski definition) is 0. The summed E-state index contributed by atoms with van der Waals surface area (Å²) in [6.07, 6.45) is 17.7. The molecule has 1 aliphatic carbocycles. The summed E-state index contributed by atoms with van der Waals surface area (Å²) in [4.78, 5) is 0. The summed E-state index contributed by atoms with van der Waals surface area (Å²) >= 11 is 0. The van der Waals surface area contributed by atoms with Crippen LogP contribution in [0.2, 0.25) is 0 Å². The molecule has 0 saturated heterocycles. The molecule has 21 heavy (non-hydrogen) atoms. The second-order valence-electron chi connectivity index (χ2n) is 6.69. The van der Waals surface area contributed by atoms with Crippen LogP contribution in [0.4, 0.5) is 0 Å². The molecule has 2 rings (SSSR count). The highest BCUT2D eigenvalue weighted by molar-refractivity contribution is 5.14. The van der Waals surface area contributed by atoms with Crippen molar-refractivity contribution in [1.29, 1.82) is 0 Å². The van der Waals surface area contributed by atoms with Gasteiger partial charge >= 0.3 is 0 Å². The molecule has 1 aromatic rings. The Morgan fingerprint density at radius 3 is 2.48 bits per heavy atom. The highest BCUT2D eigenvalue weighted by Crippen LogP contribution is 2.30. The lowest BCUT2D eigenvalue weighted by Crippen LogP contribution is -2.06. The molecule has 1 atom stereocenters. The van der Waals surface area contributed by atoms with Crippen LogP contribution in [-0.2, 0) is 6.42 Å². The molecule has 0 spiro atoms. The SMILES string of the molecule is CCCCCC1CC=C(CCCCc2ccccc2)CC1. The molecule has 0 saturated carbocycles. The first-order valence-electron chi connectivity index (χ1n) is 9.10. The van der Waals surface area contributed by atoms with Crippen LogP contribution in [0.15, 0.2) is 42.0 Å². The molecule has 0 aromatic heterocycles. The number of hydrogen-bond acceptors (Lipinski definition) is 0. The van der Waals surface area contributed by atoms with Crippen molar-refractivity contribution in [2.75, 3.05) is 0 Å². The quantitative estimate of drug-likeness (QED) is 0.349. The van der Waals surface area contributed by atoms with Crippen LogP contribution in [0.1, 0.15) is 76.7 Å². The fourth-order valence-corrected chi connectivity index (χ4v) is 3.44. The van der Waals surface area contributed by atoms with Crippen molar-refractivity contribution in [3.8, 4) is 0 Å². The van der Waals surface area contributed by atoms with Crippen LogP contribution >= 0.6 is 0 Å². The largest absolute Gasteiger partial charge is 0.0851 e. The fourth-order valence-electron chi connectivity index (χ4n) is 3.44. The third-order valence-electron chi connectivity index (χ3n) is 4.89. The third kappa shape index (κ3) is 6.50. The van der Waals surface area contributed by atoms with Gasteiger partial charge in [0, 0.05) is 0 Å². The zero-order valence-corrected chi connectivity index (χ0v) is 13.8. The second kappa shape index (κ2) is 9.82.